The Balaban J connectivity index is 1.74. The maximum absolute atomic E-state index is 12.2. The van der Waals surface area contributed by atoms with Crippen LogP contribution in [0.25, 0.3) is 0 Å². The Kier molecular flexibility index (Phi) is 8.57. The van der Waals surface area contributed by atoms with Crippen molar-refractivity contribution in [3.63, 3.8) is 0 Å². The van der Waals surface area contributed by atoms with Crippen LogP contribution in [0.2, 0.25) is 0 Å². The van der Waals surface area contributed by atoms with Crippen LogP contribution in [0.5, 0.6) is 5.75 Å². The van der Waals surface area contributed by atoms with Gasteiger partial charge in [0, 0.05) is 32.1 Å². The summed E-state index contributed by atoms with van der Waals surface area (Å²) in [6.45, 7) is 6.02. The van der Waals surface area contributed by atoms with Gasteiger partial charge in [0.25, 0.3) is 0 Å². The number of carbonyl (C=O) groups excluding carboxylic acids is 2. The van der Waals surface area contributed by atoms with E-state index in [9.17, 15) is 31.2 Å². The van der Waals surface area contributed by atoms with Gasteiger partial charge in [0.1, 0.15) is 11.4 Å². The molecule has 1 heterocycles. The average Bonchev–Trinajstić information content (AvgIpc) is 2.66. The number of rotatable bonds is 7. The van der Waals surface area contributed by atoms with Crippen molar-refractivity contribution in [2.24, 2.45) is 0 Å². The fourth-order valence-corrected chi connectivity index (χ4v) is 4.07. The predicted octanol–water partition coefficient (Wildman–Crippen LogP) is 2.77. The van der Waals surface area contributed by atoms with Gasteiger partial charge in [-0.05, 0) is 57.9 Å². The largest absolute Gasteiger partial charge is 0.573 e. The predicted molar refractivity (Wildman–Crippen MR) is 112 cm³/mol. The minimum atomic E-state index is -4.88. The van der Waals surface area contributed by atoms with Crippen LogP contribution in [0, 0.1) is 0 Å². The van der Waals surface area contributed by atoms with Gasteiger partial charge in [-0.3, -0.25) is 4.79 Å². The lowest BCUT2D eigenvalue weighted by Crippen LogP contribution is -2.48. The minimum absolute atomic E-state index is 0.124. The van der Waals surface area contributed by atoms with E-state index in [1.165, 1.54) is 0 Å². The van der Waals surface area contributed by atoms with E-state index in [1.54, 1.807) is 25.7 Å². The second-order valence-corrected chi connectivity index (χ2v) is 10.2. The molecule has 1 aromatic rings. The van der Waals surface area contributed by atoms with E-state index in [0.717, 1.165) is 24.3 Å². The molecule has 13 heteroatoms. The summed E-state index contributed by atoms with van der Waals surface area (Å²) in [4.78, 5) is 25.5. The Bertz CT molecular complexity index is 922. The molecule has 2 amide bonds. The summed E-state index contributed by atoms with van der Waals surface area (Å²) < 4.78 is 72.3. The third-order valence-electron chi connectivity index (χ3n) is 4.52. The molecule has 0 atom stereocenters. The third-order valence-corrected chi connectivity index (χ3v) is 6.00. The van der Waals surface area contributed by atoms with Gasteiger partial charge in [-0.15, -0.1) is 13.2 Å². The van der Waals surface area contributed by atoms with Crippen molar-refractivity contribution in [3.8, 4) is 5.75 Å². The van der Waals surface area contributed by atoms with E-state index in [4.69, 9.17) is 4.74 Å². The van der Waals surface area contributed by atoms with Gasteiger partial charge in [-0.2, -0.15) is 0 Å². The minimum Gasteiger partial charge on any atom is -0.444 e. The molecular weight excluding hydrogens is 467 g/mol. The molecule has 0 radical (unpaired) electrons. The van der Waals surface area contributed by atoms with Gasteiger partial charge in [0.15, 0.2) is 0 Å². The number of hydrogen-bond acceptors (Lipinski definition) is 6. The van der Waals surface area contributed by atoms with Crippen LogP contribution in [0.3, 0.4) is 0 Å². The highest BCUT2D eigenvalue weighted by atomic mass is 32.2. The second-order valence-electron chi connectivity index (χ2n) is 8.48. The smallest absolute Gasteiger partial charge is 0.444 e. The molecule has 1 fully saturated rings. The molecule has 1 aliphatic heterocycles. The molecular formula is C20H28F3N3O6S. The van der Waals surface area contributed by atoms with Crippen molar-refractivity contribution in [2.45, 2.75) is 62.9 Å². The number of alkyl halides is 3. The molecule has 1 aliphatic rings. The Labute approximate surface area is 190 Å². The van der Waals surface area contributed by atoms with Crippen molar-refractivity contribution in [2.75, 3.05) is 19.6 Å². The topological polar surface area (TPSA) is 114 Å². The first-order chi connectivity index (χ1) is 15.1. The summed E-state index contributed by atoms with van der Waals surface area (Å²) in [6, 6.07) is 3.58. The summed E-state index contributed by atoms with van der Waals surface area (Å²) in [6.07, 6.45) is -4.31. The van der Waals surface area contributed by atoms with Crippen LogP contribution < -0.4 is 14.8 Å². The summed E-state index contributed by atoms with van der Waals surface area (Å²) in [5.74, 6) is -0.902. The Morgan fingerprint density at radius 2 is 1.67 bits per heavy atom. The molecule has 0 aromatic heterocycles. The summed E-state index contributed by atoms with van der Waals surface area (Å²) >= 11 is 0. The van der Waals surface area contributed by atoms with Crippen molar-refractivity contribution in [3.05, 3.63) is 24.3 Å². The van der Waals surface area contributed by atoms with E-state index in [0.29, 0.717) is 25.9 Å². The Morgan fingerprint density at radius 3 is 2.18 bits per heavy atom. The van der Waals surface area contributed by atoms with Crippen LogP contribution in [-0.4, -0.2) is 63.0 Å². The number of carbonyl (C=O) groups is 2. The maximum Gasteiger partial charge on any atom is 0.573 e. The third kappa shape index (κ3) is 9.46. The van der Waals surface area contributed by atoms with Crippen molar-refractivity contribution >= 4 is 22.0 Å². The Hall–Kier alpha value is -2.54. The molecule has 2 N–H and O–H groups in total. The molecule has 0 saturated carbocycles. The van der Waals surface area contributed by atoms with Crippen LogP contribution in [-0.2, 0) is 19.6 Å². The number of nitrogens with zero attached hydrogens (tertiary/aromatic N) is 1. The van der Waals surface area contributed by atoms with Crippen LogP contribution in [0.1, 0.15) is 40.0 Å². The highest BCUT2D eigenvalue weighted by Gasteiger charge is 2.31. The molecule has 0 aliphatic carbocycles. The molecule has 0 bridgehead atoms. The molecule has 1 saturated heterocycles. The quantitative estimate of drug-likeness (QED) is 0.601. The molecule has 1 aromatic carbocycles. The van der Waals surface area contributed by atoms with Crippen molar-refractivity contribution in [1.29, 1.82) is 0 Å². The van der Waals surface area contributed by atoms with Gasteiger partial charge in [-0.25, -0.2) is 17.9 Å². The zero-order chi connectivity index (χ0) is 24.9. The standard InChI is InChI=1S/C20H28F3N3O6S/c1-19(2,3)32-18(28)26-12-9-14(10-13-26)25-17(27)8-11-24-33(29,30)16-6-4-15(5-7-16)31-20(21,22)23/h4-7,14,24H,8-13H2,1-3H3,(H,25,27). The number of halogens is 3. The fourth-order valence-electron chi connectivity index (χ4n) is 3.04. The van der Waals surface area contributed by atoms with Gasteiger partial charge >= 0.3 is 12.5 Å². The van der Waals surface area contributed by atoms with Gasteiger partial charge in [-0.1, -0.05) is 0 Å². The number of sulfonamides is 1. The lowest BCUT2D eigenvalue weighted by Gasteiger charge is -2.33. The highest BCUT2D eigenvalue weighted by Crippen LogP contribution is 2.23. The normalized spacial score (nSPS) is 15.8. The number of piperidine rings is 1. The van der Waals surface area contributed by atoms with Gasteiger partial charge < -0.3 is 19.7 Å². The maximum atomic E-state index is 12.2. The van der Waals surface area contributed by atoms with Gasteiger partial charge in [0.2, 0.25) is 15.9 Å². The van der Waals surface area contributed by atoms with Crippen LogP contribution >= 0.6 is 0 Å². The number of benzene rings is 1. The van der Waals surface area contributed by atoms with E-state index in [-0.39, 0.29) is 29.8 Å². The Morgan fingerprint density at radius 1 is 1.09 bits per heavy atom. The number of likely N-dealkylation sites (tertiary alicyclic amines) is 1. The number of ether oxygens (including phenoxy) is 2. The zero-order valence-electron chi connectivity index (χ0n) is 18.6. The zero-order valence-corrected chi connectivity index (χ0v) is 19.4. The number of nitrogens with one attached hydrogen (secondary N) is 2. The lowest BCUT2D eigenvalue weighted by atomic mass is 10.1. The van der Waals surface area contributed by atoms with E-state index < -0.39 is 33.8 Å². The first kappa shape index (κ1) is 26.7. The molecule has 9 nitrogen and oxygen atoms in total. The van der Waals surface area contributed by atoms with E-state index in [2.05, 4.69) is 14.8 Å². The summed E-state index contributed by atoms with van der Waals surface area (Å²) in [7, 11) is -4.01. The molecule has 0 unspecified atom stereocenters. The summed E-state index contributed by atoms with van der Waals surface area (Å²) in [5.41, 5.74) is -0.589. The van der Waals surface area contributed by atoms with Gasteiger partial charge in [0.05, 0.1) is 4.90 Å². The molecule has 0 spiro atoms. The first-order valence-corrected chi connectivity index (χ1v) is 11.8. The second kappa shape index (κ2) is 10.6. The summed E-state index contributed by atoms with van der Waals surface area (Å²) in [5, 5.41) is 2.81. The van der Waals surface area contributed by atoms with Crippen molar-refractivity contribution in [1.82, 2.24) is 14.9 Å². The van der Waals surface area contributed by atoms with E-state index >= 15 is 0 Å². The van der Waals surface area contributed by atoms with Crippen LogP contribution in [0.15, 0.2) is 29.2 Å². The van der Waals surface area contributed by atoms with E-state index in [1.807, 2.05) is 0 Å². The number of hydrogen-bond donors (Lipinski definition) is 2. The highest BCUT2D eigenvalue weighted by molar-refractivity contribution is 7.89. The molecule has 186 valence electrons. The monoisotopic (exact) mass is 495 g/mol. The fraction of sp³-hybridized carbons (Fsp3) is 0.600. The molecule has 33 heavy (non-hydrogen) atoms. The number of amides is 2. The molecule has 2 rings (SSSR count). The first-order valence-electron chi connectivity index (χ1n) is 10.3. The van der Waals surface area contributed by atoms with Crippen molar-refractivity contribution < 1.29 is 40.7 Å². The average molecular weight is 496 g/mol. The van der Waals surface area contributed by atoms with Crippen LogP contribution in [0.4, 0.5) is 18.0 Å². The lowest BCUT2D eigenvalue weighted by molar-refractivity contribution is -0.274. The SMILES string of the molecule is CC(C)(C)OC(=O)N1CCC(NC(=O)CCNS(=O)(=O)c2ccc(OC(F)(F)F)cc2)CC1.